The van der Waals surface area contributed by atoms with Crippen molar-refractivity contribution in [2.75, 3.05) is 0 Å². The number of hydrogen-bond donors (Lipinski definition) is 0. The second kappa shape index (κ2) is 6.65. The summed E-state index contributed by atoms with van der Waals surface area (Å²) in [6, 6.07) is 4.42. The van der Waals surface area contributed by atoms with Gasteiger partial charge in [0, 0.05) is 12.1 Å². The van der Waals surface area contributed by atoms with E-state index in [1.165, 1.54) is 34.1 Å². The van der Waals surface area contributed by atoms with Crippen LogP contribution in [0.5, 0.6) is 5.75 Å². The highest BCUT2D eigenvalue weighted by Crippen LogP contribution is 2.34. The van der Waals surface area contributed by atoms with E-state index in [1.807, 2.05) is 6.92 Å². The average Bonchev–Trinajstić information content (AvgIpc) is 2.93. The molecule has 3 aromatic rings. The Labute approximate surface area is 150 Å². The third-order valence-corrected chi connectivity index (χ3v) is 5.06. The molecule has 0 amide bonds. The summed E-state index contributed by atoms with van der Waals surface area (Å²) in [5, 5.41) is 6.06. The summed E-state index contributed by atoms with van der Waals surface area (Å²) in [5.41, 5.74) is 0.244. The molecule has 0 aliphatic heterocycles. The van der Waals surface area contributed by atoms with Crippen molar-refractivity contribution in [3.8, 4) is 5.75 Å². The fourth-order valence-corrected chi connectivity index (χ4v) is 3.33. The number of aromatic nitrogens is 3. The maximum absolute atomic E-state index is 12.1. The van der Waals surface area contributed by atoms with Gasteiger partial charge in [0.2, 0.25) is 4.96 Å². The van der Waals surface area contributed by atoms with Crippen LogP contribution in [0.15, 0.2) is 23.0 Å². The van der Waals surface area contributed by atoms with Crippen LogP contribution in [0, 0.1) is 0 Å². The number of fused-ring (bicyclic) bond motifs is 1. The molecule has 0 bridgehead atoms. The molecule has 2 aromatic heterocycles. The van der Waals surface area contributed by atoms with Crippen molar-refractivity contribution in [2.45, 2.75) is 20.0 Å². The van der Waals surface area contributed by atoms with Crippen molar-refractivity contribution >= 4 is 51.1 Å². The van der Waals surface area contributed by atoms with Crippen molar-refractivity contribution in [3.63, 3.8) is 0 Å². The first-order chi connectivity index (χ1) is 11.0. The lowest BCUT2D eigenvalue weighted by molar-refractivity contribution is 0.301. The zero-order valence-corrected chi connectivity index (χ0v) is 14.9. The van der Waals surface area contributed by atoms with E-state index in [1.54, 1.807) is 0 Å². The van der Waals surface area contributed by atoms with Crippen molar-refractivity contribution in [2.24, 2.45) is 0 Å². The molecule has 0 N–H and O–H groups in total. The number of benzene rings is 1. The van der Waals surface area contributed by atoms with Crippen LogP contribution in [0.3, 0.4) is 0 Å². The van der Waals surface area contributed by atoms with Crippen LogP contribution in [0.4, 0.5) is 0 Å². The largest absolute Gasteiger partial charge is 0.486 e. The second-order valence-electron chi connectivity index (χ2n) is 4.61. The molecule has 0 spiro atoms. The number of hydrogen-bond acceptors (Lipinski definition) is 5. The summed E-state index contributed by atoms with van der Waals surface area (Å²) < 4.78 is 6.89. The predicted molar refractivity (Wildman–Crippen MR) is 92.3 cm³/mol. The quantitative estimate of drug-likeness (QED) is 0.625. The van der Waals surface area contributed by atoms with Crippen LogP contribution in [-0.2, 0) is 13.0 Å². The minimum absolute atomic E-state index is 0.0861. The van der Waals surface area contributed by atoms with Crippen molar-refractivity contribution in [1.29, 1.82) is 0 Å². The molecule has 0 unspecified atom stereocenters. The molecule has 2 heterocycles. The molecular formula is C14H10Cl3N3O2S. The molecule has 23 heavy (non-hydrogen) atoms. The van der Waals surface area contributed by atoms with E-state index in [2.05, 4.69) is 10.1 Å². The smallest absolute Gasteiger partial charge is 0.275 e. The van der Waals surface area contributed by atoms with E-state index in [-0.39, 0.29) is 12.2 Å². The van der Waals surface area contributed by atoms with Crippen LogP contribution >= 0.6 is 46.1 Å². The number of nitrogens with zero attached hydrogens (tertiary/aromatic N) is 3. The normalized spacial score (nSPS) is 11.1. The van der Waals surface area contributed by atoms with E-state index in [0.29, 0.717) is 31.5 Å². The third kappa shape index (κ3) is 3.45. The topological polar surface area (TPSA) is 56.5 Å². The standard InChI is InChI=1S/C14H10Cl3N3O2S/c1-2-12-19-20-13(21)3-7(18-14(20)23-12)6-22-11-5-9(16)8(15)4-10(11)17/h3-5H,2,6H2,1H3. The first-order valence-corrected chi connectivity index (χ1v) is 8.59. The Morgan fingerprint density at radius 3 is 2.65 bits per heavy atom. The predicted octanol–water partition coefficient (Wildman–Crippen LogP) is 4.25. The Balaban J connectivity index is 1.87. The Hall–Kier alpha value is -1.34. The van der Waals surface area contributed by atoms with E-state index in [9.17, 15) is 4.79 Å². The van der Waals surface area contributed by atoms with Gasteiger partial charge in [-0.2, -0.15) is 9.61 Å². The Morgan fingerprint density at radius 2 is 1.91 bits per heavy atom. The minimum atomic E-state index is -0.246. The van der Waals surface area contributed by atoms with Crippen molar-refractivity contribution in [1.82, 2.24) is 14.6 Å². The zero-order valence-electron chi connectivity index (χ0n) is 11.8. The van der Waals surface area contributed by atoms with Gasteiger partial charge in [0.1, 0.15) is 17.4 Å². The Kier molecular flexibility index (Phi) is 4.77. The molecule has 0 fully saturated rings. The van der Waals surface area contributed by atoms with Crippen LogP contribution in [-0.4, -0.2) is 14.6 Å². The van der Waals surface area contributed by atoms with E-state index in [4.69, 9.17) is 39.5 Å². The van der Waals surface area contributed by atoms with Crippen LogP contribution in [0.2, 0.25) is 15.1 Å². The molecule has 1 aromatic carbocycles. The van der Waals surface area contributed by atoms with E-state index in [0.717, 1.165) is 11.4 Å². The third-order valence-electron chi connectivity index (χ3n) is 2.99. The molecule has 0 aliphatic rings. The lowest BCUT2D eigenvalue weighted by Gasteiger charge is -2.08. The van der Waals surface area contributed by atoms with Crippen molar-refractivity contribution in [3.05, 3.63) is 54.3 Å². The number of halogens is 3. The molecule has 5 nitrogen and oxygen atoms in total. The fourth-order valence-electron chi connectivity index (χ4n) is 1.88. The Morgan fingerprint density at radius 1 is 1.17 bits per heavy atom. The monoisotopic (exact) mass is 389 g/mol. The average molecular weight is 391 g/mol. The van der Waals surface area contributed by atoms with E-state index < -0.39 is 0 Å². The van der Waals surface area contributed by atoms with Gasteiger partial charge in [-0.1, -0.05) is 53.1 Å². The highest BCUT2D eigenvalue weighted by Gasteiger charge is 2.11. The number of aryl methyl sites for hydroxylation is 1. The molecule has 3 rings (SSSR count). The van der Waals surface area contributed by atoms with Gasteiger partial charge in [0.15, 0.2) is 0 Å². The van der Waals surface area contributed by atoms with Gasteiger partial charge in [0.05, 0.1) is 20.8 Å². The van der Waals surface area contributed by atoms with Gasteiger partial charge in [-0.3, -0.25) is 4.79 Å². The fraction of sp³-hybridized carbons (Fsp3) is 0.214. The molecule has 9 heteroatoms. The first kappa shape index (κ1) is 16.5. The van der Waals surface area contributed by atoms with Crippen LogP contribution < -0.4 is 10.3 Å². The van der Waals surface area contributed by atoms with Gasteiger partial charge in [0.25, 0.3) is 5.56 Å². The summed E-state index contributed by atoms with van der Waals surface area (Å²) in [5.74, 6) is 0.376. The molecule has 0 saturated heterocycles. The number of ether oxygens (including phenoxy) is 1. The maximum atomic E-state index is 12.1. The maximum Gasteiger partial charge on any atom is 0.275 e. The summed E-state index contributed by atoms with van der Waals surface area (Å²) in [6.45, 7) is 2.06. The van der Waals surface area contributed by atoms with Crippen LogP contribution in [0.1, 0.15) is 17.6 Å². The Bertz CT molecular complexity index is 939. The van der Waals surface area contributed by atoms with Gasteiger partial charge < -0.3 is 4.74 Å². The second-order valence-corrected chi connectivity index (χ2v) is 6.88. The summed E-state index contributed by atoms with van der Waals surface area (Å²) in [7, 11) is 0. The van der Waals surface area contributed by atoms with Gasteiger partial charge in [-0.05, 0) is 12.5 Å². The summed E-state index contributed by atoms with van der Waals surface area (Å²) in [4.78, 5) is 17.0. The van der Waals surface area contributed by atoms with Crippen LogP contribution in [0.25, 0.3) is 4.96 Å². The highest BCUT2D eigenvalue weighted by atomic mass is 35.5. The SMILES string of the molecule is CCc1nn2c(=O)cc(COc3cc(Cl)c(Cl)cc3Cl)nc2s1. The van der Waals surface area contributed by atoms with E-state index >= 15 is 0 Å². The molecule has 0 atom stereocenters. The zero-order chi connectivity index (χ0) is 16.6. The first-order valence-electron chi connectivity index (χ1n) is 6.64. The van der Waals surface area contributed by atoms with Gasteiger partial charge in [-0.15, -0.1) is 0 Å². The summed E-state index contributed by atoms with van der Waals surface area (Å²) >= 11 is 19.2. The lowest BCUT2D eigenvalue weighted by Crippen LogP contribution is -2.16. The lowest BCUT2D eigenvalue weighted by atomic mass is 10.3. The van der Waals surface area contributed by atoms with Crippen molar-refractivity contribution < 1.29 is 4.74 Å². The minimum Gasteiger partial charge on any atom is -0.486 e. The highest BCUT2D eigenvalue weighted by molar-refractivity contribution is 7.16. The van der Waals surface area contributed by atoms with Gasteiger partial charge >= 0.3 is 0 Å². The molecule has 0 radical (unpaired) electrons. The molecule has 0 aliphatic carbocycles. The molecule has 120 valence electrons. The number of rotatable bonds is 4. The summed E-state index contributed by atoms with van der Waals surface area (Å²) in [6.07, 6.45) is 0.748. The van der Waals surface area contributed by atoms with Gasteiger partial charge in [-0.25, -0.2) is 4.98 Å². The molecular weight excluding hydrogens is 381 g/mol. The molecule has 0 saturated carbocycles.